The molecule has 1 aliphatic rings. The highest BCUT2D eigenvalue weighted by Crippen LogP contribution is 2.19. The van der Waals surface area contributed by atoms with Gasteiger partial charge in [0.15, 0.2) is 0 Å². The number of rotatable bonds is 4. The molecule has 2 unspecified atom stereocenters. The van der Waals surface area contributed by atoms with Gasteiger partial charge in [-0.25, -0.2) is 8.78 Å². The summed E-state index contributed by atoms with van der Waals surface area (Å²) in [6.45, 7) is 3.53. The lowest BCUT2D eigenvalue weighted by Crippen LogP contribution is -2.33. The van der Waals surface area contributed by atoms with E-state index in [1.807, 2.05) is 6.92 Å². The topological polar surface area (TPSA) is 45.0 Å². The van der Waals surface area contributed by atoms with Crippen molar-refractivity contribution in [1.29, 1.82) is 5.26 Å². The Morgan fingerprint density at radius 3 is 2.68 bits per heavy atom. The Balaban J connectivity index is 2.01. The first-order chi connectivity index (χ1) is 9.11. The van der Waals surface area contributed by atoms with E-state index in [0.29, 0.717) is 12.5 Å². The Hall–Kier alpha value is -1.51. The van der Waals surface area contributed by atoms with Crippen molar-refractivity contribution in [1.82, 2.24) is 5.32 Å². The second kappa shape index (κ2) is 6.09. The molecule has 19 heavy (non-hydrogen) atoms. The predicted octanol–water partition coefficient (Wildman–Crippen LogP) is 2.35. The Labute approximate surface area is 111 Å². The van der Waals surface area contributed by atoms with E-state index in [1.54, 1.807) is 6.07 Å². The fourth-order valence-electron chi connectivity index (χ4n) is 2.21. The minimum Gasteiger partial charge on any atom is -0.381 e. The van der Waals surface area contributed by atoms with Gasteiger partial charge < -0.3 is 10.1 Å². The zero-order valence-corrected chi connectivity index (χ0v) is 10.7. The summed E-state index contributed by atoms with van der Waals surface area (Å²) in [6.07, 6.45) is 0.965. The number of halogens is 2. The molecule has 0 radical (unpaired) electrons. The molecule has 1 heterocycles. The number of nitriles is 1. The molecule has 0 aliphatic carbocycles. The average molecular weight is 266 g/mol. The smallest absolute Gasteiger partial charge is 0.131 e. The first-order valence-corrected chi connectivity index (χ1v) is 6.31. The number of nitrogens with zero attached hydrogens (tertiary/aromatic N) is 1. The van der Waals surface area contributed by atoms with Gasteiger partial charge >= 0.3 is 0 Å². The maximum absolute atomic E-state index is 13.7. The molecule has 102 valence electrons. The molecule has 0 aromatic heterocycles. The monoisotopic (exact) mass is 266 g/mol. The summed E-state index contributed by atoms with van der Waals surface area (Å²) >= 11 is 0. The highest BCUT2D eigenvalue weighted by atomic mass is 19.1. The Bertz CT molecular complexity index is 470. The van der Waals surface area contributed by atoms with Gasteiger partial charge in [0.2, 0.25) is 0 Å². The van der Waals surface area contributed by atoms with Gasteiger partial charge in [-0.3, -0.25) is 0 Å². The summed E-state index contributed by atoms with van der Waals surface area (Å²) in [5.74, 6) is -0.984. The summed E-state index contributed by atoms with van der Waals surface area (Å²) in [5.41, 5.74) is -0.0271. The fourth-order valence-corrected chi connectivity index (χ4v) is 2.21. The summed E-state index contributed by atoms with van der Waals surface area (Å²) in [5, 5.41) is 11.7. The SMILES string of the molecule is CC(NCc1c(F)cc(C#N)cc1F)C1CCOC1. The molecule has 5 heteroatoms. The van der Waals surface area contributed by atoms with E-state index in [0.717, 1.165) is 25.2 Å². The Kier molecular flexibility index (Phi) is 4.46. The van der Waals surface area contributed by atoms with Crippen LogP contribution in [0.3, 0.4) is 0 Å². The number of nitrogens with one attached hydrogen (secondary N) is 1. The molecule has 0 saturated carbocycles. The van der Waals surface area contributed by atoms with Crippen molar-refractivity contribution in [2.24, 2.45) is 5.92 Å². The van der Waals surface area contributed by atoms with Gasteiger partial charge in [-0.05, 0) is 31.4 Å². The number of hydrogen-bond acceptors (Lipinski definition) is 3. The van der Waals surface area contributed by atoms with E-state index in [9.17, 15) is 8.78 Å². The quantitative estimate of drug-likeness (QED) is 0.910. The van der Waals surface area contributed by atoms with Crippen LogP contribution in [0.4, 0.5) is 8.78 Å². The third kappa shape index (κ3) is 3.28. The maximum Gasteiger partial charge on any atom is 0.131 e. The van der Waals surface area contributed by atoms with E-state index in [4.69, 9.17) is 10.00 Å². The third-order valence-electron chi connectivity index (χ3n) is 3.54. The van der Waals surface area contributed by atoms with Crippen molar-refractivity contribution in [2.75, 3.05) is 13.2 Å². The lowest BCUT2D eigenvalue weighted by atomic mass is 10.0. The molecule has 3 nitrogen and oxygen atoms in total. The van der Waals surface area contributed by atoms with E-state index in [-0.39, 0.29) is 23.7 Å². The Morgan fingerprint density at radius 1 is 1.47 bits per heavy atom. The van der Waals surface area contributed by atoms with Crippen molar-refractivity contribution in [3.8, 4) is 6.07 Å². The molecule has 0 spiro atoms. The van der Waals surface area contributed by atoms with Gasteiger partial charge in [-0.2, -0.15) is 5.26 Å². The summed E-state index contributed by atoms with van der Waals surface area (Å²) in [4.78, 5) is 0. The minimum absolute atomic E-state index is 0.00371. The normalized spacial score (nSPS) is 20.2. The summed E-state index contributed by atoms with van der Waals surface area (Å²) < 4.78 is 32.6. The van der Waals surface area contributed by atoms with Crippen molar-refractivity contribution >= 4 is 0 Å². The fraction of sp³-hybridized carbons (Fsp3) is 0.500. The van der Waals surface area contributed by atoms with E-state index in [2.05, 4.69) is 5.32 Å². The molecule has 1 aromatic carbocycles. The number of benzene rings is 1. The van der Waals surface area contributed by atoms with Gasteiger partial charge in [0.1, 0.15) is 11.6 Å². The van der Waals surface area contributed by atoms with Crippen molar-refractivity contribution in [3.63, 3.8) is 0 Å². The predicted molar refractivity (Wildman–Crippen MR) is 66.3 cm³/mol. The van der Waals surface area contributed by atoms with E-state index >= 15 is 0 Å². The maximum atomic E-state index is 13.7. The van der Waals surface area contributed by atoms with Crippen LogP contribution in [0.1, 0.15) is 24.5 Å². The lowest BCUT2D eigenvalue weighted by Gasteiger charge is -2.19. The molecular weight excluding hydrogens is 250 g/mol. The largest absolute Gasteiger partial charge is 0.381 e. The first-order valence-electron chi connectivity index (χ1n) is 6.31. The molecule has 1 aliphatic heterocycles. The van der Waals surface area contributed by atoms with Crippen LogP contribution in [0.5, 0.6) is 0 Å². The van der Waals surface area contributed by atoms with Crippen LogP contribution in [-0.2, 0) is 11.3 Å². The van der Waals surface area contributed by atoms with Crippen LogP contribution in [0.2, 0.25) is 0 Å². The Morgan fingerprint density at radius 2 is 2.16 bits per heavy atom. The van der Waals surface area contributed by atoms with Crippen LogP contribution < -0.4 is 5.32 Å². The number of hydrogen-bond donors (Lipinski definition) is 1. The van der Waals surface area contributed by atoms with Crippen molar-refractivity contribution in [3.05, 3.63) is 34.9 Å². The van der Waals surface area contributed by atoms with Gasteiger partial charge in [-0.15, -0.1) is 0 Å². The van der Waals surface area contributed by atoms with Crippen LogP contribution >= 0.6 is 0 Å². The number of ether oxygens (including phenoxy) is 1. The van der Waals surface area contributed by atoms with Crippen LogP contribution in [0.25, 0.3) is 0 Å². The second-order valence-corrected chi connectivity index (χ2v) is 4.82. The second-order valence-electron chi connectivity index (χ2n) is 4.82. The zero-order chi connectivity index (χ0) is 13.8. The minimum atomic E-state index is -0.682. The molecule has 0 amide bonds. The summed E-state index contributed by atoms with van der Waals surface area (Å²) in [6, 6.07) is 3.98. The third-order valence-corrected chi connectivity index (χ3v) is 3.54. The lowest BCUT2D eigenvalue weighted by molar-refractivity contribution is 0.178. The molecule has 0 bridgehead atoms. The van der Waals surface area contributed by atoms with Crippen LogP contribution in [0.15, 0.2) is 12.1 Å². The average Bonchev–Trinajstić information content (AvgIpc) is 2.91. The van der Waals surface area contributed by atoms with Gasteiger partial charge in [0.25, 0.3) is 0 Å². The summed E-state index contributed by atoms with van der Waals surface area (Å²) in [7, 11) is 0. The van der Waals surface area contributed by atoms with E-state index in [1.165, 1.54) is 0 Å². The van der Waals surface area contributed by atoms with Crippen molar-refractivity contribution < 1.29 is 13.5 Å². The molecule has 1 N–H and O–H groups in total. The highest BCUT2D eigenvalue weighted by molar-refractivity contribution is 5.34. The van der Waals surface area contributed by atoms with Crippen LogP contribution in [-0.4, -0.2) is 19.3 Å². The van der Waals surface area contributed by atoms with Crippen molar-refractivity contribution in [2.45, 2.75) is 25.9 Å². The molecule has 2 atom stereocenters. The standard InChI is InChI=1S/C14H16F2N2O/c1-9(11-2-3-19-8-11)18-7-12-13(15)4-10(6-17)5-14(12)16/h4-5,9,11,18H,2-3,7-8H2,1H3. The van der Waals surface area contributed by atoms with E-state index < -0.39 is 11.6 Å². The highest BCUT2D eigenvalue weighted by Gasteiger charge is 2.22. The zero-order valence-electron chi connectivity index (χ0n) is 10.7. The molecule has 1 fully saturated rings. The van der Waals surface area contributed by atoms with Crippen LogP contribution in [0, 0.1) is 28.9 Å². The molecule has 2 rings (SSSR count). The molecular formula is C14H16F2N2O. The van der Waals surface area contributed by atoms with Gasteiger partial charge in [0.05, 0.1) is 18.2 Å². The molecule has 1 aromatic rings. The first kappa shape index (κ1) is 13.9. The van der Waals surface area contributed by atoms with Gasteiger partial charge in [0, 0.05) is 24.8 Å². The van der Waals surface area contributed by atoms with Gasteiger partial charge in [-0.1, -0.05) is 0 Å². The molecule has 1 saturated heterocycles.